The molecular weight excluding hydrogens is 164 g/mol. The van der Waals surface area contributed by atoms with Gasteiger partial charge in [-0.25, -0.2) is 0 Å². The molecule has 0 aromatic carbocycles. The van der Waals surface area contributed by atoms with Gasteiger partial charge in [0.2, 0.25) is 5.95 Å². The van der Waals surface area contributed by atoms with Gasteiger partial charge < -0.3 is 5.73 Å². The molecule has 0 bridgehead atoms. The van der Waals surface area contributed by atoms with Crippen LogP contribution in [0, 0.1) is 11.8 Å². The van der Waals surface area contributed by atoms with Crippen molar-refractivity contribution in [1.82, 2.24) is 15.2 Å². The van der Waals surface area contributed by atoms with Gasteiger partial charge in [0.05, 0.1) is 0 Å². The highest BCUT2D eigenvalue weighted by Gasteiger charge is 2.22. The largest absolute Gasteiger partial charge is 0.367 e. The first-order valence-corrected chi connectivity index (χ1v) is 4.70. The Morgan fingerprint density at radius 3 is 2.00 bits per heavy atom. The van der Waals surface area contributed by atoms with Gasteiger partial charge in [0, 0.05) is 5.92 Å². The number of nitrogens with zero attached hydrogens (tertiary/aromatic N) is 2. The maximum Gasteiger partial charge on any atom is 0.239 e. The summed E-state index contributed by atoms with van der Waals surface area (Å²) in [6.07, 6.45) is 0. The lowest BCUT2D eigenvalue weighted by Crippen LogP contribution is -2.15. The quantitative estimate of drug-likeness (QED) is 0.748. The normalized spacial score (nSPS) is 11.9. The number of hydrogen-bond donors (Lipinski definition) is 2. The van der Waals surface area contributed by atoms with Gasteiger partial charge in [-0.2, -0.15) is 4.98 Å². The molecule has 4 nitrogen and oxygen atoms in total. The van der Waals surface area contributed by atoms with Crippen molar-refractivity contribution >= 4 is 5.95 Å². The predicted octanol–water partition coefficient (Wildman–Crippen LogP) is 1.78. The van der Waals surface area contributed by atoms with E-state index in [0.717, 1.165) is 5.82 Å². The molecule has 0 atom stereocenters. The molecule has 74 valence electrons. The van der Waals surface area contributed by atoms with Crippen molar-refractivity contribution in [3.8, 4) is 0 Å². The van der Waals surface area contributed by atoms with Crippen molar-refractivity contribution in [3.63, 3.8) is 0 Å². The fraction of sp³-hybridized carbons (Fsp3) is 0.778. The van der Waals surface area contributed by atoms with Crippen LogP contribution in [0.25, 0.3) is 0 Å². The Bertz CT molecular complexity index is 256. The average Bonchev–Trinajstić information content (AvgIpc) is 2.34. The number of nitrogens with two attached hydrogens (primary N) is 1. The molecule has 0 aliphatic carbocycles. The molecule has 0 aliphatic heterocycles. The zero-order chi connectivity index (χ0) is 10.0. The summed E-state index contributed by atoms with van der Waals surface area (Å²) in [4.78, 5) is 4.16. The second kappa shape index (κ2) is 3.77. The third kappa shape index (κ3) is 2.20. The second-order valence-corrected chi connectivity index (χ2v) is 4.09. The third-order valence-electron chi connectivity index (χ3n) is 2.27. The molecule has 1 aromatic rings. The van der Waals surface area contributed by atoms with E-state index in [2.05, 4.69) is 42.9 Å². The van der Waals surface area contributed by atoms with Crippen molar-refractivity contribution in [2.75, 3.05) is 5.73 Å². The van der Waals surface area contributed by atoms with Crippen LogP contribution in [0.4, 0.5) is 5.95 Å². The Labute approximate surface area is 78.9 Å². The first kappa shape index (κ1) is 10.0. The predicted molar refractivity (Wildman–Crippen MR) is 53.2 cm³/mol. The van der Waals surface area contributed by atoms with Crippen LogP contribution in [0.5, 0.6) is 0 Å². The van der Waals surface area contributed by atoms with Crippen LogP contribution >= 0.6 is 0 Å². The summed E-state index contributed by atoms with van der Waals surface area (Å²) < 4.78 is 0. The van der Waals surface area contributed by atoms with E-state index in [0.29, 0.717) is 23.7 Å². The number of rotatable bonds is 3. The number of nitrogen functional groups attached to an aromatic ring is 1. The minimum absolute atomic E-state index is 0.335. The van der Waals surface area contributed by atoms with Gasteiger partial charge in [-0.1, -0.05) is 27.7 Å². The fourth-order valence-corrected chi connectivity index (χ4v) is 1.84. The van der Waals surface area contributed by atoms with Crippen LogP contribution in [0.15, 0.2) is 0 Å². The zero-order valence-corrected chi connectivity index (χ0v) is 8.70. The lowest BCUT2D eigenvalue weighted by atomic mass is 9.85. The molecule has 0 saturated carbocycles. The average molecular weight is 182 g/mol. The Balaban J connectivity index is 2.88. The van der Waals surface area contributed by atoms with E-state index in [1.165, 1.54) is 0 Å². The van der Waals surface area contributed by atoms with Crippen molar-refractivity contribution in [3.05, 3.63) is 5.82 Å². The maximum absolute atomic E-state index is 5.46. The molecule has 13 heavy (non-hydrogen) atoms. The fourth-order valence-electron chi connectivity index (χ4n) is 1.84. The molecule has 1 aromatic heterocycles. The van der Waals surface area contributed by atoms with Gasteiger partial charge in [-0.3, -0.25) is 5.10 Å². The van der Waals surface area contributed by atoms with Crippen molar-refractivity contribution in [1.29, 1.82) is 0 Å². The van der Waals surface area contributed by atoms with E-state index >= 15 is 0 Å². The van der Waals surface area contributed by atoms with Crippen LogP contribution in [0.2, 0.25) is 0 Å². The standard InChI is InChI=1S/C9H18N4/c1-5(2)7(6(3)4)8-11-9(10)13-12-8/h5-7H,1-4H3,(H3,10,11,12,13). The molecule has 3 N–H and O–H groups in total. The van der Waals surface area contributed by atoms with Gasteiger partial charge >= 0.3 is 0 Å². The van der Waals surface area contributed by atoms with E-state index < -0.39 is 0 Å². The Kier molecular flexibility index (Phi) is 2.90. The van der Waals surface area contributed by atoms with Crippen LogP contribution in [-0.4, -0.2) is 15.2 Å². The number of nitrogens with one attached hydrogen (secondary N) is 1. The van der Waals surface area contributed by atoms with E-state index in [1.807, 2.05) is 0 Å². The van der Waals surface area contributed by atoms with E-state index in [9.17, 15) is 0 Å². The maximum atomic E-state index is 5.46. The van der Waals surface area contributed by atoms with Gasteiger partial charge in [0.1, 0.15) is 5.82 Å². The summed E-state index contributed by atoms with van der Waals surface area (Å²) >= 11 is 0. The summed E-state index contributed by atoms with van der Waals surface area (Å²) in [5.74, 6) is 2.74. The minimum atomic E-state index is 0.335. The van der Waals surface area contributed by atoms with E-state index in [-0.39, 0.29) is 0 Å². The summed E-state index contributed by atoms with van der Waals surface area (Å²) in [6, 6.07) is 0. The molecule has 0 radical (unpaired) electrons. The highest BCUT2D eigenvalue weighted by Crippen LogP contribution is 2.29. The number of anilines is 1. The van der Waals surface area contributed by atoms with Crippen LogP contribution in [0.1, 0.15) is 39.4 Å². The SMILES string of the molecule is CC(C)C(c1nc(N)n[nH]1)C(C)C. The van der Waals surface area contributed by atoms with Crippen LogP contribution in [-0.2, 0) is 0 Å². The summed E-state index contributed by atoms with van der Waals surface area (Å²) in [5.41, 5.74) is 5.46. The lowest BCUT2D eigenvalue weighted by molar-refractivity contribution is 0.372. The molecule has 0 amide bonds. The smallest absolute Gasteiger partial charge is 0.239 e. The lowest BCUT2D eigenvalue weighted by Gasteiger charge is -2.21. The number of hydrogen-bond acceptors (Lipinski definition) is 3. The summed E-state index contributed by atoms with van der Waals surface area (Å²) in [7, 11) is 0. The van der Waals surface area contributed by atoms with E-state index in [1.54, 1.807) is 0 Å². The first-order chi connectivity index (χ1) is 6.02. The molecule has 1 rings (SSSR count). The molecule has 0 spiro atoms. The van der Waals surface area contributed by atoms with Crippen molar-refractivity contribution < 1.29 is 0 Å². The zero-order valence-electron chi connectivity index (χ0n) is 8.70. The van der Waals surface area contributed by atoms with Crippen LogP contribution in [0.3, 0.4) is 0 Å². The van der Waals surface area contributed by atoms with Gasteiger partial charge in [-0.15, -0.1) is 5.10 Å². The molecule has 0 aliphatic rings. The molecule has 1 heterocycles. The molecule has 0 unspecified atom stereocenters. The topological polar surface area (TPSA) is 67.6 Å². The molecular formula is C9H18N4. The Hall–Kier alpha value is -1.06. The molecule has 0 fully saturated rings. The van der Waals surface area contributed by atoms with Gasteiger partial charge in [0.15, 0.2) is 0 Å². The number of H-pyrrole nitrogens is 1. The Morgan fingerprint density at radius 2 is 1.69 bits per heavy atom. The molecule has 0 saturated heterocycles. The van der Waals surface area contributed by atoms with Crippen molar-refractivity contribution in [2.24, 2.45) is 11.8 Å². The monoisotopic (exact) mass is 182 g/mol. The van der Waals surface area contributed by atoms with Gasteiger partial charge in [0.25, 0.3) is 0 Å². The van der Waals surface area contributed by atoms with Crippen LogP contribution < -0.4 is 5.73 Å². The van der Waals surface area contributed by atoms with Gasteiger partial charge in [-0.05, 0) is 11.8 Å². The first-order valence-electron chi connectivity index (χ1n) is 4.70. The number of aromatic nitrogens is 3. The highest BCUT2D eigenvalue weighted by atomic mass is 15.3. The second-order valence-electron chi connectivity index (χ2n) is 4.09. The van der Waals surface area contributed by atoms with E-state index in [4.69, 9.17) is 5.73 Å². The minimum Gasteiger partial charge on any atom is -0.367 e. The summed E-state index contributed by atoms with van der Waals surface area (Å²) in [5, 5.41) is 6.73. The Morgan fingerprint density at radius 1 is 1.15 bits per heavy atom. The highest BCUT2D eigenvalue weighted by molar-refractivity contribution is 5.15. The van der Waals surface area contributed by atoms with Crippen molar-refractivity contribution in [2.45, 2.75) is 33.6 Å². The number of aromatic amines is 1. The summed E-state index contributed by atoms with van der Waals surface area (Å²) in [6.45, 7) is 8.74. The third-order valence-corrected chi connectivity index (χ3v) is 2.27. The molecule has 4 heteroatoms.